The average molecular weight is 292 g/mol. The fraction of sp³-hybridized carbons (Fsp3) is 0.600. The van der Waals surface area contributed by atoms with Crippen LogP contribution in [0.15, 0.2) is 24.3 Å². The Morgan fingerprint density at radius 3 is 2.90 bits per heavy atom. The summed E-state index contributed by atoms with van der Waals surface area (Å²) in [4.78, 5) is 15.2. The van der Waals surface area contributed by atoms with E-state index in [9.17, 15) is 10.1 Å². The normalized spacial score (nSPS) is 22.1. The predicted molar refractivity (Wildman–Crippen MR) is 83.4 cm³/mol. The third kappa shape index (κ3) is 4.23. The third-order valence-corrected chi connectivity index (χ3v) is 4.22. The predicted octanol–water partition coefficient (Wildman–Crippen LogP) is 1.49. The maximum absolute atomic E-state index is 10.8. The molecule has 1 aliphatic heterocycles. The summed E-state index contributed by atoms with van der Waals surface area (Å²) in [6, 6.07) is 7.43. The molecular weight excluding hydrogens is 268 g/mol. The maximum Gasteiger partial charge on any atom is 0.269 e. The van der Waals surface area contributed by atoms with Gasteiger partial charge in [-0.15, -0.1) is 0 Å². The number of rotatable bonds is 5. The molecule has 2 atom stereocenters. The highest BCUT2D eigenvalue weighted by molar-refractivity contribution is 5.35. The highest BCUT2D eigenvalue weighted by atomic mass is 16.6. The van der Waals surface area contributed by atoms with Crippen LogP contribution >= 0.6 is 0 Å². The van der Waals surface area contributed by atoms with Gasteiger partial charge >= 0.3 is 0 Å². The van der Waals surface area contributed by atoms with Gasteiger partial charge in [0.25, 0.3) is 5.69 Å². The van der Waals surface area contributed by atoms with E-state index in [2.05, 4.69) is 29.2 Å². The Hall–Kier alpha value is -1.50. The van der Waals surface area contributed by atoms with E-state index < -0.39 is 0 Å². The molecule has 0 radical (unpaired) electrons. The Kier molecular flexibility index (Phi) is 5.27. The van der Waals surface area contributed by atoms with Gasteiger partial charge in [0.2, 0.25) is 0 Å². The van der Waals surface area contributed by atoms with E-state index in [4.69, 9.17) is 0 Å². The van der Waals surface area contributed by atoms with Crippen molar-refractivity contribution < 1.29 is 4.92 Å². The summed E-state index contributed by atoms with van der Waals surface area (Å²) in [5.41, 5.74) is 1.10. The Morgan fingerprint density at radius 2 is 2.19 bits per heavy atom. The van der Waals surface area contributed by atoms with Gasteiger partial charge in [0, 0.05) is 50.4 Å². The van der Waals surface area contributed by atoms with Crippen molar-refractivity contribution in [3.63, 3.8) is 0 Å². The van der Waals surface area contributed by atoms with Crippen molar-refractivity contribution in [1.29, 1.82) is 0 Å². The highest BCUT2D eigenvalue weighted by Crippen LogP contribution is 2.19. The molecule has 6 heteroatoms. The molecule has 21 heavy (non-hydrogen) atoms. The summed E-state index contributed by atoms with van der Waals surface area (Å²) in [6.07, 6.45) is 0. The van der Waals surface area contributed by atoms with E-state index in [0.717, 1.165) is 31.7 Å². The second-order valence-electron chi connectivity index (χ2n) is 5.88. The van der Waals surface area contributed by atoms with Crippen LogP contribution in [-0.4, -0.2) is 61.0 Å². The molecule has 1 aromatic rings. The molecule has 1 aliphatic rings. The molecule has 1 saturated heterocycles. The van der Waals surface area contributed by atoms with E-state index in [1.54, 1.807) is 12.1 Å². The van der Waals surface area contributed by atoms with Gasteiger partial charge in [0.1, 0.15) is 0 Å². The molecule has 0 amide bonds. The average Bonchev–Trinajstić information content (AvgIpc) is 2.48. The summed E-state index contributed by atoms with van der Waals surface area (Å²) in [7, 11) is 4.29. The van der Waals surface area contributed by atoms with E-state index >= 15 is 0 Å². The molecule has 1 fully saturated rings. The summed E-state index contributed by atoms with van der Waals surface area (Å²) in [5.74, 6) is 0. The molecule has 0 spiro atoms. The first-order valence-electron chi connectivity index (χ1n) is 7.34. The Labute approximate surface area is 125 Å². The van der Waals surface area contributed by atoms with Crippen molar-refractivity contribution in [1.82, 2.24) is 15.1 Å². The first-order valence-corrected chi connectivity index (χ1v) is 7.34. The monoisotopic (exact) mass is 292 g/mol. The minimum absolute atomic E-state index is 0.102. The van der Waals surface area contributed by atoms with Crippen LogP contribution in [0.1, 0.15) is 18.5 Å². The Bertz CT molecular complexity index is 494. The van der Waals surface area contributed by atoms with Gasteiger partial charge in [-0.1, -0.05) is 12.1 Å². The van der Waals surface area contributed by atoms with E-state index in [0.29, 0.717) is 6.04 Å². The molecule has 1 aromatic carbocycles. The SMILES string of the molecule is CC(NCC1CN(C)CCN1C)c1cccc([N+](=O)[O-])c1. The number of nitro benzene ring substituents is 1. The second-order valence-corrected chi connectivity index (χ2v) is 5.88. The molecule has 0 aliphatic carbocycles. The van der Waals surface area contributed by atoms with Crippen molar-refractivity contribution in [3.8, 4) is 0 Å². The summed E-state index contributed by atoms with van der Waals surface area (Å²) < 4.78 is 0. The van der Waals surface area contributed by atoms with Gasteiger partial charge in [-0.3, -0.25) is 15.0 Å². The van der Waals surface area contributed by atoms with Crippen molar-refractivity contribution in [2.75, 3.05) is 40.3 Å². The van der Waals surface area contributed by atoms with Gasteiger partial charge < -0.3 is 10.2 Å². The summed E-state index contributed by atoms with van der Waals surface area (Å²) in [5, 5.41) is 14.3. The van der Waals surface area contributed by atoms with Crippen molar-refractivity contribution in [2.45, 2.75) is 19.0 Å². The number of benzene rings is 1. The lowest BCUT2D eigenvalue weighted by atomic mass is 10.1. The minimum Gasteiger partial charge on any atom is -0.309 e. The van der Waals surface area contributed by atoms with E-state index in [1.165, 1.54) is 6.07 Å². The number of non-ortho nitro benzene ring substituents is 1. The molecule has 2 rings (SSSR count). The van der Waals surface area contributed by atoms with Crippen LogP contribution in [0, 0.1) is 10.1 Å². The fourth-order valence-electron chi connectivity index (χ4n) is 2.66. The molecular formula is C15H24N4O2. The van der Waals surface area contributed by atoms with Crippen LogP contribution < -0.4 is 5.32 Å². The van der Waals surface area contributed by atoms with Gasteiger partial charge in [0.05, 0.1) is 4.92 Å². The van der Waals surface area contributed by atoms with Gasteiger partial charge in [0.15, 0.2) is 0 Å². The lowest BCUT2D eigenvalue weighted by Crippen LogP contribution is -2.53. The van der Waals surface area contributed by atoms with Crippen molar-refractivity contribution in [2.24, 2.45) is 0 Å². The van der Waals surface area contributed by atoms with Gasteiger partial charge in [-0.25, -0.2) is 0 Å². The number of nitrogens with one attached hydrogen (secondary N) is 1. The maximum atomic E-state index is 10.8. The van der Waals surface area contributed by atoms with Crippen molar-refractivity contribution in [3.05, 3.63) is 39.9 Å². The van der Waals surface area contributed by atoms with Crippen molar-refractivity contribution >= 4 is 5.69 Å². The number of nitrogens with zero attached hydrogens (tertiary/aromatic N) is 3. The quantitative estimate of drug-likeness (QED) is 0.658. The number of piperazine rings is 1. The first-order chi connectivity index (χ1) is 9.97. The minimum atomic E-state index is -0.347. The summed E-state index contributed by atoms with van der Waals surface area (Å²) >= 11 is 0. The zero-order chi connectivity index (χ0) is 15.4. The first kappa shape index (κ1) is 15.9. The van der Waals surface area contributed by atoms with E-state index in [-0.39, 0.29) is 16.7 Å². The van der Waals surface area contributed by atoms with E-state index in [1.807, 2.05) is 13.0 Å². The molecule has 0 bridgehead atoms. The smallest absolute Gasteiger partial charge is 0.269 e. The van der Waals surface area contributed by atoms with Crippen LogP contribution in [0.4, 0.5) is 5.69 Å². The number of hydrogen-bond acceptors (Lipinski definition) is 5. The largest absolute Gasteiger partial charge is 0.309 e. The molecule has 1 N–H and O–H groups in total. The third-order valence-electron chi connectivity index (χ3n) is 4.22. The zero-order valence-corrected chi connectivity index (χ0v) is 13.0. The lowest BCUT2D eigenvalue weighted by Gasteiger charge is -2.38. The molecule has 2 unspecified atom stereocenters. The molecule has 6 nitrogen and oxygen atoms in total. The topological polar surface area (TPSA) is 61.6 Å². The Morgan fingerprint density at radius 1 is 1.43 bits per heavy atom. The fourth-order valence-corrected chi connectivity index (χ4v) is 2.66. The molecule has 0 saturated carbocycles. The van der Waals surface area contributed by atoms with Crippen LogP contribution in [0.2, 0.25) is 0 Å². The molecule has 0 aromatic heterocycles. The molecule has 116 valence electrons. The van der Waals surface area contributed by atoms with Crippen LogP contribution in [0.5, 0.6) is 0 Å². The van der Waals surface area contributed by atoms with Crippen LogP contribution in [0.25, 0.3) is 0 Å². The zero-order valence-electron chi connectivity index (χ0n) is 13.0. The Balaban J connectivity index is 1.93. The van der Waals surface area contributed by atoms with Crippen LogP contribution in [0.3, 0.4) is 0 Å². The number of likely N-dealkylation sites (N-methyl/N-ethyl adjacent to an activating group) is 2. The van der Waals surface area contributed by atoms with Gasteiger partial charge in [-0.2, -0.15) is 0 Å². The number of hydrogen-bond donors (Lipinski definition) is 1. The number of nitro groups is 1. The van der Waals surface area contributed by atoms with Gasteiger partial charge in [-0.05, 0) is 26.6 Å². The lowest BCUT2D eigenvalue weighted by molar-refractivity contribution is -0.384. The van der Waals surface area contributed by atoms with Crippen LogP contribution in [-0.2, 0) is 0 Å². The summed E-state index contributed by atoms with van der Waals surface area (Å²) in [6.45, 7) is 6.16. The highest BCUT2D eigenvalue weighted by Gasteiger charge is 2.22. The standard InChI is InChI=1S/C15H24N4O2/c1-12(13-5-4-6-14(9-13)19(20)21)16-10-15-11-17(2)7-8-18(15)3/h4-6,9,12,15-16H,7-8,10-11H2,1-3H3. The second kappa shape index (κ2) is 6.98. The molecule has 1 heterocycles.